The smallest absolute Gasteiger partial charge is 0.255 e. The van der Waals surface area contributed by atoms with E-state index in [1.807, 2.05) is 0 Å². The van der Waals surface area contributed by atoms with Gasteiger partial charge in [0.2, 0.25) is 0 Å². The van der Waals surface area contributed by atoms with E-state index in [0.717, 1.165) is 6.07 Å². The third kappa shape index (κ3) is 2.85. The number of hydrogen-bond donors (Lipinski definition) is 2. The Balaban J connectivity index is 2.25. The summed E-state index contributed by atoms with van der Waals surface area (Å²) in [5, 5.41) is 11.6. The molecule has 0 bridgehead atoms. The Morgan fingerprint density at radius 1 is 1.10 bits per heavy atom. The highest BCUT2D eigenvalue weighted by molar-refractivity contribution is 6.32. The van der Waals surface area contributed by atoms with Crippen molar-refractivity contribution in [1.29, 1.82) is 0 Å². The molecule has 0 radical (unpaired) electrons. The molecule has 0 aliphatic carbocycles. The minimum atomic E-state index is -1.62. The van der Waals surface area contributed by atoms with Crippen molar-refractivity contribution in [2.75, 3.05) is 5.32 Å². The molecule has 2 rings (SSSR count). The number of halogens is 4. The molecule has 0 saturated carbocycles. The van der Waals surface area contributed by atoms with E-state index in [1.54, 1.807) is 0 Å². The van der Waals surface area contributed by atoms with Crippen LogP contribution >= 0.6 is 11.6 Å². The van der Waals surface area contributed by atoms with E-state index < -0.39 is 23.4 Å². The van der Waals surface area contributed by atoms with Crippen molar-refractivity contribution in [3.05, 3.63) is 58.4 Å². The highest BCUT2D eigenvalue weighted by Crippen LogP contribution is 2.24. The second-order valence-corrected chi connectivity index (χ2v) is 4.28. The lowest BCUT2D eigenvalue weighted by molar-refractivity contribution is 0.102. The molecule has 1 amide bonds. The molecular formula is C13H7ClF3NO2. The van der Waals surface area contributed by atoms with Crippen LogP contribution in [-0.4, -0.2) is 11.0 Å². The van der Waals surface area contributed by atoms with Crippen LogP contribution in [0, 0.1) is 17.5 Å². The molecule has 104 valence electrons. The lowest BCUT2D eigenvalue weighted by Crippen LogP contribution is -2.12. The molecule has 0 heterocycles. The SMILES string of the molecule is O=C(Nc1cc(F)c(F)c(F)c1)c1ccc(Cl)c(O)c1. The summed E-state index contributed by atoms with van der Waals surface area (Å²) in [6.45, 7) is 0. The zero-order valence-electron chi connectivity index (χ0n) is 9.75. The molecule has 0 atom stereocenters. The van der Waals surface area contributed by atoms with Crippen LogP contribution in [0.25, 0.3) is 0 Å². The van der Waals surface area contributed by atoms with Gasteiger partial charge in [0.25, 0.3) is 5.91 Å². The first kappa shape index (κ1) is 14.2. The highest BCUT2D eigenvalue weighted by atomic mass is 35.5. The van der Waals surface area contributed by atoms with Crippen LogP contribution in [0.2, 0.25) is 5.02 Å². The lowest BCUT2D eigenvalue weighted by atomic mass is 10.2. The Hall–Kier alpha value is -2.21. The Labute approximate surface area is 116 Å². The van der Waals surface area contributed by atoms with Crippen LogP contribution in [-0.2, 0) is 0 Å². The van der Waals surface area contributed by atoms with Crippen LogP contribution in [0.1, 0.15) is 10.4 Å². The number of carbonyl (C=O) groups excluding carboxylic acids is 1. The number of benzene rings is 2. The van der Waals surface area contributed by atoms with Gasteiger partial charge in [-0.25, -0.2) is 13.2 Å². The summed E-state index contributed by atoms with van der Waals surface area (Å²) >= 11 is 5.58. The Bertz CT molecular complexity index is 668. The second kappa shape index (κ2) is 5.42. The lowest BCUT2D eigenvalue weighted by Gasteiger charge is -2.07. The van der Waals surface area contributed by atoms with Crippen molar-refractivity contribution < 1.29 is 23.1 Å². The minimum absolute atomic E-state index is 0.0250. The van der Waals surface area contributed by atoms with Gasteiger partial charge < -0.3 is 10.4 Å². The van der Waals surface area contributed by atoms with Crippen LogP contribution in [0.5, 0.6) is 5.75 Å². The van der Waals surface area contributed by atoms with Gasteiger partial charge in [-0.1, -0.05) is 11.6 Å². The summed E-state index contributed by atoms with van der Waals surface area (Å²) < 4.78 is 38.7. The van der Waals surface area contributed by atoms with Gasteiger partial charge in [0.05, 0.1) is 5.02 Å². The minimum Gasteiger partial charge on any atom is -0.506 e. The van der Waals surface area contributed by atoms with Gasteiger partial charge in [0, 0.05) is 23.4 Å². The van der Waals surface area contributed by atoms with Gasteiger partial charge in [-0.05, 0) is 18.2 Å². The van der Waals surface area contributed by atoms with Gasteiger partial charge in [-0.3, -0.25) is 4.79 Å². The molecule has 7 heteroatoms. The third-order valence-corrected chi connectivity index (χ3v) is 2.77. The van der Waals surface area contributed by atoms with Crippen molar-refractivity contribution >= 4 is 23.2 Å². The maximum Gasteiger partial charge on any atom is 0.255 e. The van der Waals surface area contributed by atoms with Crippen molar-refractivity contribution in [2.45, 2.75) is 0 Å². The van der Waals surface area contributed by atoms with E-state index in [0.29, 0.717) is 12.1 Å². The molecule has 0 aliphatic heterocycles. The van der Waals surface area contributed by atoms with Crippen molar-refractivity contribution in [3.63, 3.8) is 0 Å². The number of hydrogen-bond acceptors (Lipinski definition) is 2. The molecule has 0 saturated heterocycles. The number of anilines is 1. The van der Waals surface area contributed by atoms with E-state index in [4.69, 9.17) is 11.6 Å². The average Bonchev–Trinajstić information content (AvgIpc) is 2.39. The monoisotopic (exact) mass is 301 g/mol. The summed E-state index contributed by atoms with van der Waals surface area (Å²) in [6, 6.07) is 4.98. The van der Waals surface area contributed by atoms with Crippen LogP contribution in [0.4, 0.5) is 18.9 Å². The molecule has 0 spiro atoms. The van der Waals surface area contributed by atoms with Gasteiger partial charge >= 0.3 is 0 Å². The van der Waals surface area contributed by atoms with Gasteiger partial charge in [0.15, 0.2) is 17.5 Å². The summed E-state index contributed by atoms with van der Waals surface area (Å²) in [7, 11) is 0. The zero-order valence-corrected chi connectivity index (χ0v) is 10.5. The van der Waals surface area contributed by atoms with Crippen molar-refractivity contribution in [1.82, 2.24) is 0 Å². The molecule has 2 aromatic carbocycles. The fourth-order valence-electron chi connectivity index (χ4n) is 1.48. The predicted octanol–water partition coefficient (Wildman–Crippen LogP) is 3.72. The highest BCUT2D eigenvalue weighted by Gasteiger charge is 2.13. The number of aromatic hydroxyl groups is 1. The topological polar surface area (TPSA) is 49.3 Å². The molecule has 2 N–H and O–H groups in total. The van der Waals surface area contributed by atoms with E-state index in [1.165, 1.54) is 12.1 Å². The number of amides is 1. The third-order valence-electron chi connectivity index (χ3n) is 2.45. The van der Waals surface area contributed by atoms with Gasteiger partial charge in [-0.2, -0.15) is 0 Å². The number of phenolic OH excluding ortho intramolecular Hbond substituents is 1. The number of phenols is 1. The molecule has 3 nitrogen and oxygen atoms in total. The van der Waals surface area contributed by atoms with E-state index in [-0.39, 0.29) is 22.0 Å². The van der Waals surface area contributed by atoms with Crippen molar-refractivity contribution in [3.8, 4) is 5.75 Å². The fourth-order valence-corrected chi connectivity index (χ4v) is 1.60. The molecule has 2 aromatic rings. The normalized spacial score (nSPS) is 10.4. The molecule has 0 unspecified atom stereocenters. The van der Waals surface area contributed by atoms with E-state index >= 15 is 0 Å². The average molecular weight is 302 g/mol. The number of carbonyl (C=O) groups is 1. The molecule has 0 fully saturated rings. The fraction of sp³-hybridized carbons (Fsp3) is 0. The maximum atomic E-state index is 13.0. The van der Waals surface area contributed by atoms with Crippen LogP contribution in [0.15, 0.2) is 30.3 Å². The summed E-state index contributed by atoms with van der Waals surface area (Å²) in [4.78, 5) is 11.8. The zero-order chi connectivity index (χ0) is 14.9. The van der Waals surface area contributed by atoms with Gasteiger partial charge in [0.1, 0.15) is 5.75 Å². The standard InChI is InChI=1S/C13H7ClF3NO2/c14-8-2-1-6(3-11(8)19)13(20)18-7-4-9(15)12(17)10(16)5-7/h1-5,19H,(H,18,20). The largest absolute Gasteiger partial charge is 0.506 e. The quantitative estimate of drug-likeness (QED) is 0.831. The van der Waals surface area contributed by atoms with Gasteiger partial charge in [-0.15, -0.1) is 0 Å². The van der Waals surface area contributed by atoms with E-state index in [9.17, 15) is 23.1 Å². The summed E-state index contributed by atoms with van der Waals surface area (Å²) in [6.07, 6.45) is 0. The first-order valence-electron chi connectivity index (χ1n) is 5.33. The Morgan fingerprint density at radius 2 is 1.70 bits per heavy atom. The van der Waals surface area contributed by atoms with Crippen LogP contribution < -0.4 is 5.32 Å². The first-order chi connectivity index (χ1) is 9.38. The molecule has 20 heavy (non-hydrogen) atoms. The maximum absolute atomic E-state index is 13.0. The Kier molecular flexibility index (Phi) is 3.85. The summed E-state index contributed by atoms with van der Waals surface area (Å²) in [5.74, 6) is -5.50. The second-order valence-electron chi connectivity index (χ2n) is 3.87. The van der Waals surface area contributed by atoms with Crippen molar-refractivity contribution in [2.24, 2.45) is 0 Å². The molecule has 0 aliphatic rings. The van der Waals surface area contributed by atoms with E-state index in [2.05, 4.69) is 5.32 Å². The number of nitrogens with one attached hydrogen (secondary N) is 1. The predicted molar refractivity (Wildman–Crippen MR) is 67.4 cm³/mol. The molecular weight excluding hydrogens is 295 g/mol. The first-order valence-corrected chi connectivity index (χ1v) is 5.70. The summed E-state index contributed by atoms with van der Waals surface area (Å²) in [5.41, 5.74) is -0.224. The number of rotatable bonds is 2. The Morgan fingerprint density at radius 3 is 2.25 bits per heavy atom. The molecule has 0 aromatic heterocycles. The van der Waals surface area contributed by atoms with Crippen LogP contribution in [0.3, 0.4) is 0 Å².